The number of aromatic nitrogens is 1. The molecular formula is C21H17N2O3S-. The van der Waals surface area contributed by atoms with Gasteiger partial charge in [0.25, 0.3) is 0 Å². The summed E-state index contributed by atoms with van der Waals surface area (Å²) in [5.74, 6) is 0.298. The van der Waals surface area contributed by atoms with Crippen molar-refractivity contribution in [2.75, 3.05) is 6.61 Å². The third-order valence-corrected chi connectivity index (χ3v) is 4.99. The van der Waals surface area contributed by atoms with Gasteiger partial charge in [-0.1, -0.05) is 24.3 Å². The van der Waals surface area contributed by atoms with Gasteiger partial charge in [0.05, 0.1) is 17.7 Å². The average Bonchev–Trinajstić information content (AvgIpc) is 2.66. The predicted octanol–water partition coefficient (Wildman–Crippen LogP) is 3.09. The highest BCUT2D eigenvalue weighted by Crippen LogP contribution is 2.29. The number of carboxylic acids is 1. The first-order valence-electron chi connectivity index (χ1n) is 8.47. The molecule has 0 saturated heterocycles. The zero-order valence-corrected chi connectivity index (χ0v) is 15.6. The predicted molar refractivity (Wildman–Crippen MR) is 102 cm³/mol. The van der Waals surface area contributed by atoms with Crippen molar-refractivity contribution in [3.63, 3.8) is 0 Å². The van der Waals surface area contributed by atoms with Crippen LogP contribution in [0.25, 0.3) is 10.9 Å². The van der Waals surface area contributed by atoms with Gasteiger partial charge in [-0.3, -0.25) is 0 Å². The summed E-state index contributed by atoms with van der Waals surface area (Å²) in [4.78, 5) is 15.3. The lowest BCUT2D eigenvalue weighted by Crippen LogP contribution is -2.24. The van der Waals surface area contributed by atoms with Gasteiger partial charge in [0, 0.05) is 23.5 Å². The minimum absolute atomic E-state index is 0.0953. The molecule has 0 aliphatic carbocycles. The van der Waals surface area contributed by atoms with Gasteiger partial charge < -0.3 is 14.6 Å². The van der Waals surface area contributed by atoms with Crippen LogP contribution in [0.2, 0.25) is 0 Å². The van der Waals surface area contributed by atoms with Crippen LogP contribution in [-0.4, -0.2) is 17.6 Å². The molecule has 0 aliphatic rings. The average molecular weight is 377 g/mol. The smallest absolute Gasteiger partial charge is 0.120 e. The lowest BCUT2D eigenvalue weighted by atomic mass is 10.1. The number of ether oxygens (including phenoxy) is 1. The number of hydrogen-bond donors (Lipinski definition) is 0. The summed E-state index contributed by atoms with van der Waals surface area (Å²) in [7, 11) is 0. The second-order valence-corrected chi connectivity index (χ2v) is 6.86. The molecule has 5 nitrogen and oxygen atoms in total. The Balaban J connectivity index is 1.78. The Morgan fingerprint density at radius 3 is 2.59 bits per heavy atom. The summed E-state index contributed by atoms with van der Waals surface area (Å²) >= 11 is 1.48. The molecule has 0 spiro atoms. The zero-order chi connectivity index (χ0) is 19.2. The van der Waals surface area contributed by atoms with Crippen molar-refractivity contribution < 1.29 is 14.6 Å². The Bertz CT molecular complexity index is 1010. The van der Waals surface area contributed by atoms with Crippen LogP contribution < -0.4 is 9.84 Å². The van der Waals surface area contributed by atoms with Crippen LogP contribution in [-0.2, 0) is 17.0 Å². The molecule has 1 heterocycles. The number of carbonyl (C=O) groups is 1. The molecule has 0 N–H and O–H groups in total. The van der Waals surface area contributed by atoms with Gasteiger partial charge in [-0.05, 0) is 42.3 Å². The largest absolute Gasteiger partial charge is 0.550 e. The Morgan fingerprint density at radius 2 is 1.93 bits per heavy atom. The first-order valence-corrected chi connectivity index (χ1v) is 9.45. The molecule has 3 rings (SSSR count). The van der Waals surface area contributed by atoms with Crippen LogP contribution >= 0.6 is 11.8 Å². The molecule has 6 heteroatoms. The molecule has 0 unspecified atom stereocenters. The van der Waals surface area contributed by atoms with Crippen molar-refractivity contribution in [1.29, 1.82) is 5.26 Å². The van der Waals surface area contributed by atoms with Gasteiger partial charge in [0.2, 0.25) is 0 Å². The van der Waals surface area contributed by atoms with Crippen molar-refractivity contribution >= 4 is 28.6 Å². The Morgan fingerprint density at radius 1 is 1.19 bits per heavy atom. The van der Waals surface area contributed by atoms with Gasteiger partial charge in [0.15, 0.2) is 0 Å². The van der Waals surface area contributed by atoms with Crippen LogP contribution in [0.1, 0.15) is 23.6 Å². The molecule has 0 atom stereocenters. The lowest BCUT2D eigenvalue weighted by Gasteiger charge is -2.08. The number of hydrogen-bond acceptors (Lipinski definition) is 6. The number of nitriles is 1. The van der Waals surface area contributed by atoms with Gasteiger partial charge in [-0.2, -0.15) is 5.26 Å². The van der Waals surface area contributed by atoms with E-state index in [9.17, 15) is 15.2 Å². The summed E-state index contributed by atoms with van der Waals surface area (Å²) in [5, 5.41) is 21.7. The first-order chi connectivity index (χ1) is 13.1. The van der Waals surface area contributed by atoms with Crippen molar-refractivity contribution in [2.45, 2.75) is 24.1 Å². The van der Waals surface area contributed by atoms with Gasteiger partial charge in [-0.15, -0.1) is 11.8 Å². The number of carboxylic acid groups (broad SMARTS) is 1. The molecule has 0 amide bonds. The van der Waals surface area contributed by atoms with Crippen molar-refractivity contribution in [1.82, 2.24) is 4.98 Å². The molecule has 0 saturated carbocycles. The highest BCUT2D eigenvalue weighted by molar-refractivity contribution is 7.98. The minimum atomic E-state index is -1.09. The molecule has 0 bridgehead atoms. The Labute approximate surface area is 161 Å². The summed E-state index contributed by atoms with van der Waals surface area (Å²) < 4.78 is 5.50. The summed E-state index contributed by atoms with van der Waals surface area (Å²) in [6.45, 7) is 2.51. The Kier molecular flexibility index (Phi) is 5.94. The lowest BCUT2D eigenvalue weighted by molar-refractivity contribution is -0.304. The molecule has 1 aromatic heterocycles. The van der Waals surface area contributed by atoms with E-state index in [1.807, 2.05) is 43.3 Å². The van der Waals surface area contributed by atoms with E-state index in [0.29, 0.717) is 28.5 Å². The monoisotopic (exact) mass is 377 g/mol. The minimum Gasteiger partial charge on any atom is -0.550 e. The maximum atomic E-state index is 10.6. The normalized spacial score (nSPS) is 10.5. The van der Waals surface area contributed by atoms with Gasteiger partial charge >= 0.3 is 0 Å². The van der Waals surface area contributed by atoms with E-state index in [1.165, 1.54) is 11.8 Å². The van der Waals surface area contributed by atoms with Crippen molar-refractivity contribution in [3.05, 3.63) is 65.2 Å². The fourth-order valence-electron chi connectivity index (χ4n) is 2.66. The SMILES string of the molecule is CCOc1ccc2nc(SCc3ccc(CC(=O)[O-])cc3)c(C#N)cc2c1. The molecule has 0 radical (unpaired) electrons. The molecule has 0 aliphatic heterocycles. The summed E-state index contributed by atoms with van der Waals surface area (Å²) in [5.41, 5.74) is 3.06. The standard InChI is InChI=1S/C21H18N2O3S/c1-2-26-18-7-8-19-16(11-18)10-17(12-22)21(23-19)27-13-15-5-3-14(4-6-15)9-20(24)25/h3-8,10-11H,2,9,13H2,1H3,(H,24,25)/p-1. The number of aliphatic carboxylic acids is 1. The first kappa shape index (κ1) is 18.7. The summed E-state index contributed by atoms with van der Waals surface area (Å²) in [6.07, 6.45) is -0.0953. The van der Waals surface area contributed by atoms with E-state index >= 15 is 0 Å². The molecule has 2 aromatic carbocycles. The fourth-order valence-corrected chi connectivity index (χ4v) is 3.57. The van der Waals surface area contributed by atoms with Crippen molar-refractivity contribution in [2.24, 2.45) is 0 Å². The molecular weight excluding hydrogens is 360 g/mol. The number of thioether (sulfide) groups is 1. The zero-order valence-electron chi connectivity index (χ0n) is 14.8. The van der Waals surface area contributed by atoms with E-state index in [4.69, 9.17) is 4.74 Å². The maximum absolute atomic E-state index is 10.6. The second kappa shape index (κ2) is 8.56. The van der Waals surface area contributed by atoms with E-state index in [-0.39, 0.29) is 6.42 Å². The number of nitrogens with zero attached hydrogens (tertiary/aromatic N) is 2. The van der Waals surface area contributed by atoms with E-state index in [2.05, 4.69) is 11.1 Å². The number of benzene rings is 2. The van der Waals surface area contributed by atoms with Gasteiger partial charge in [0.1, 0.15) is 16.8 Å². The van der Waals surface area contributed by atoms with E-state index in [1.54, 1.807) is 12.1 Å². The fraction of sp³-hybridized carbons (Fsp3) is 0.190. The highest BCUT2D eigenvalue weighted by atomic mass is 32.2. The molecule has 3 aromatic rings. The quantitative estimate of drug-likeness (QED) is 0.588. The summed E-state index contributed by atoms with van der Waals surface area (Å²) in [6, 6.07) is 17.0. The number of fused-ring (bicyclic) bond motifs is 1. The van der Waals surface area contributed by atoms with Crippen LogP contribution in [0.15, 0.2) is 53.6 Å². The van der Waals surface area contributed by atoms with E-state index in [0.717, 1.165) is 22.2 Å². The molecule has 0 fully saturated rings. The van der Waals surface area contributed by atoms with Crippen LogP contribution in [0.3, 0.4) is 0 Å². The van der Waals surface area contributed by atoms with Crippen LogP contribution in [0.4, 0.5) is 0 Å². The van der Waals surface area contributed by atoms with Crippen LogP contribution in [0.5, 0.6) is 5.75 Å². The highest BCUT2D eigenvalue weighted by Gasteiger charge is 2.09. The topological polar surface area (TPSA) is 86.0 Å². The van der Waals surface area contributed by atoms with Crippen LogP contribution in [0, 0.1) is 11.3 Å². The van der Waals surface area contributed by atoms with Gasteiger partial charge in [-0.25, -0.2) is 4.98 Å². The van der Waals surface area contributed by atoms with E-state index < -0.39 is 5.97 Å². The number of rotatable bonds is 7. The maximum Gasteiger partial charge on any atom is 0.120 e. The third kappa shape index (κ3) is 4.78. The third-order valence-electron chi connectivity index (χ3n) is 3.93. The molecule has 136 valence electrons. The van der Waals surface area contributed by atoms with Crippen molar-refractivity contribution in [3.8, 4) is 11.8 Å². The Hall–Kier alpha value is -3.04. The number of carbonyl (C=O) groups excluding carboxylic acids is 1. The molecule has 27 heavy (non-hydrogen) atoms. The second-order valence-electron chi connectivity index (χ2n) is 5.89. The number of pyridine rings is 1.